The lowest BCUT2D eigenvalue weighted by Gasteiger charge is -2.18. The zero-order valence-corrected chi connectivity index (χ0v) is 17.0. The van der Waals surface area contributed by atoms with Crippen molar-refractivity contribution in [3.63, 3.8) is 0 Å². The van der Waals surface area contributed by atoms with Crippen LogP contribution in [-0.4, -0.2) is 28.3 Å². The molecule has 0 saturated heterocycles. The summed E-state index contributed by atoms with van der Waals surface area (Å²) in [5, 5.41) is 0.832. The Kier molecular flexibility index (Phi) is 5.63. The van der Waals surface area contributed by atoms with Crippen LogP contribution in [-0.2, 0) is 4.79 Å². The fourth-order valence-electron chi connectivity index (χ4n) is 3.05. The third-order valence-corrected chi connectivity index (χ3v) is 5.60. The van der Waals surface area contributed by atoms with Gasteiger partial charge in [0.2, 0.25) is 5.91 Å². The van der Waals surface area contributed by atoms with Gasteiger partial charge in [-0.1, -0.05) is 42.1 Å². The monoisotopic (exact) mass is 419 g/mol. The standard InChI is InChI=1S/C23H18FN3O2S/c1-26(17-7-3-2-4-8-17)21(28)15-30-23-25-20-10-6-5-9-19(20)22(29)27(23)18-13-11-16(24)12-14-18/h2-14H,15H2,1H3. The molecule has 0 N–H and O–H groups in total. The number of hydrogen-bond donors (Lipinski definition) is 0. The number of hydrogen-bond acceptors (Lipinski definition) is 4. The van der Waals surface area contributed by atoms with Crippen LogP contribution in [0.1, 0.15) is 0 Å². The lowest BCUT2D eigenvalue weighted by molar-refractivity contribution is -0.115. The molecule has 0 fully saturated rings. The maximum absolute atomic E-state index is 13.4. The number of para-hydroxylation sites is 2. The average molecular weight is 419 g/mol. The summed E-state index contributed by atoms with van der Waals surface area (Å²) in [7, 11) is 1.71. The Morgan fingerprint density at radius 2 is 1.67 bits per heavy atom. The summed E-state index contributed by atoms with van der Waals surface area (Å²) < 4.78 is 14.8. The first-order valence-corrected chi connectivity index (χ1v) is 10.3. The molecule has 4 rings (SSSR count). The molecule has 4 aromatic rings. The van der Waals surface area contributed by atoms with Gasteiger partial charge in [0.1, 0.15) is 5.82 Å². The minimum absolute atomic E-state index is 0.0946. The molecule has 1 heterocycles. The van der Waals surface area contributed by atoms with Gasteiger partial charge in [0.25, 0.3) is 5.56 Å². The minimum atomic E-state index is -0.394. The third kappa shape index (κ3) is 3.97. The highest BCUT2D eigenvalue weighted by Crippen LogP contribution is 2.23. The fraction of sp³-hybridized carbons (Fsp3) is 0.0870. The first kappa shape index (κ1) is 19.8. The van der Waals surface area contributed by atoms with Gasteiger partial charge >= 0.3 is 0 Å². The second kappa shape index (κ2) is 8.51. The van der Waals surface area contributed by atoms with Crippen LogP contribution in [0.4, 0.5) is 10.1 Å². The first-order valence-electron chi connectivity index (χ1n) is 9.27. The molecule has 0 bridgehead atoms. The van der Waals surface area contributed by atoms with E-state index in [1.54, 1.807) is 36.2 Å². The molecule has 5 nitrogen and oxygen atoms in total. The number of anilines is 1. The topological polar surface area (TPSA) is 55.2 Å². The molecule has 0 atom stereocenters. The Morgan fingerprint density at radius 1 is 1.00 bits per heavy atom. The van der Waals surface area contributed by atoms with Crippen molar-refractivity contribution in [2.45, 2.75) is 5.16 Å². The summed E-state index contributed by atoms with van der Waals surface area (Å²) in [5.41, 5.74) is 1.56. The van der Waals surface area contributed by atoms with Crippen LogP contribution in [0, 0.1) is 5.82 Å². The molecule has 0 spiro atoms. The van der Waals surface area contributed by atoms with Crippen molar-refractivity contribution in [3.05, 3.63) is 95.0 Å². The van der Waals surface area contributed by atoms with E-state index in [0.29, 0.717) is 21.7 Å². The van der Waals surface area contributed by atoms with Gasteiger partial charge in [0, 0.05) is 12.7 Å². The van der Waals surface area contributed by atoms with Crippen molar-refractivity contribution < 1.29 is 9.18 Å². The van der Waals surface area contributed by atoms with Crippen LogP contribution in [0.2, 0.25) is 0 Å². The van der Waals surface area contributed by atoms with E-state index < -0.39 is 5.82 Å². The molecular weight excluding hydrogens is 401 g/mol. The third-order valence-electron chi connectivity index (χ3n) is 4.67. The number of carbonyl (C=O) groups is 1. The van der Waals surface area contributed by atoms with Gasteiger partial charge in [0.05, 0.1) is 22.3 Å². The lowest BCUT2D eigenvalue weighted by Crippen LogP contribution is -2.28. The summed E-state index contributed by atoms with van der Waals surface area (Å²) in [6, 6.07) is 22.0. The van der Waals surface area contributed by atoms with Crippen molar-refractivity contribution in [1.82, 2.24) is 9.55 Å². The SMILES string of the molecule is CN(C(=O)CSc1nc2ccccc2c(=O)n1-c1ccc(F)cc1)c1ccccc1. The Morgan fingerprint density at radius 3 is 2.40 bits per heavy atom. The van der Waals surface area contributed by atoms with Crippen molar-refractivity contribution in [1.29, 1.82) is 0 Å². The van der Waals surface area contributed by atoms with Crippen molar-refractivity contribution in [2.24, 2.45) is 0 Å². The molecule has 0 aliphatic heterocycles. The maximum Gasteiger partial charge on any atom is 0.266 e. The van der Waals surface area contributed by atoms with Crippen molar-refractivity contribution in [2.75, 3.05) is 17.7 Å². The molecule has 0 unspecified atom stereocenters. The highest BCUT2D eigenvalue weighted by Gasteiger charge is 2.17. The molecular formula is C23H18FN3O2S. The average Bonchev–Trinajstić information content (AvgIpc) is 2.78. The van der Waals surface area contributed by atoms with E-state index in [1.807, 2.05) is 30.3 Å². The highest BCUT2D eigenvalue weighted by atomic mass is 32.2. The molecule has 3 aromatic carbocycles. The number of rotatable bonds is 5. The molecule has 150 valence electrons. The largest absolute Gasteiger partial charge is 0.315 e. The van der Waals surface area contributed by atoms with Crippen LogP contribution < -0.4 is 10.5 Å². The zero-order chi connectivity index (χ0) is 21.1. The van der Waals surface area contributed by atoms with E-state index in [2.05, 4.69) is 4.98 Å². The van der Waals surface area contributed by atoms with Gasteiger partial charge in [-0.3, -0.25) is 14.2 Å². The summed E-state index contributed by atoms with van der Waals surface area (Å²) in [6.45, 7) is 0. The van der Waals surface area contributed by atoms with E-state index >= 15 is 0 Å². The molecule has 30 heavy (non-hydrogen) atoms. The smallest absolute Gasteiger partial charge is 0.266 e. The van der Waals surface area contributed by atoms with E-state index in [4.69, 9.17) is 0 Å². The molecule has 1 aromatic heterocycles. The maximum atomic E-state index is 13.4. The number of thioether (sulfide) groups is 1. The Hall–Kier alpha value is -3.45. The van der Waals surface area contributed by atoms with Crippen molar-refractivity contribution >= 4 is 34.3 Å². The molecule has 1 amide bonds. The zero-order valence-electron chi connectivity index (χ0n) is 16.2. The summed E-state index contributed by atoms with van der Waals surface area (Å²) in [5.74, 6) is -0.425. The highest BCUT2D eigenvalue weighted by molar-refractivity contribution is 7.99. The number of amides is 1. The normalized spacial score (nSPS) is 10.9. The number of aromatic nitrogens is 2. The summed E-state index contributed by atoms with van der Waals surface area (Å²) in [6.07, 6.45) is 0. The molecule has 7 heteroatoms. The molecule has 0 saturated carbocycles. The molecule has 0 radical (unpaired) electrons. The van der Waals surface area contributed by atoms with Crippen molar-refractivity contribution in [3.8, 4) is 5.69 Å². The summed E-state index contributed by atoms with van der Waals surface area (Å²) in [4.78, 5) is 32.0. The van der Waals surface area contributed by atoms with Crippen LogP contribution in [0.5, 0.6) is 0 Å². The second-order valence-corrected chi connectivity index (χ2v) is 7.55. The van der Waals surface area contributed by atoms with Gasteiger partial charge < -0.3 is 4.90 Å². The van der Waals surface area contributed by atoms with Gasteiger partial charge in [-0.25, -0.2) is 9.37 Å². The van der Waals surface area contributed by atoms with Gasteiger partial charge in [-0.15, -0.1) is 0 Å². The number of benzene rings is 3. The Labute approximate surface area is 176 Å². The van der Waals surface area contributed by atoms with Gasteiger partial charge in [0.15, 0.2) is 5.16 Å². The Balaban J connectivity index is 1.70. The summed E-state index contributed by atoms with van der Waals surface area (Å²) >= 11 is 1.17. The van der Waals surface area contributed by atoms with Gasteiger partial charge in [-0.2, -0.15) is 0 Å². The second-order valence-electron chi connectivity index (χ2n) is 6.61. The van der Waals surface area contributed by atoms with E-state index in [0.717, 1.165) is 5.69 Å². The fourth-order valence-corrected chi connectivity index (χ4v) is 3.97. The van der Waals surface area contributed by atoms with Crippen LogP contribution in [0.15, 0.2) is 88.8 Å². The predicted molar refractivity (Wildman–Crippen MR) is 118 cm³/mol. The number of carbonyl (C=O) groups excluding carboxylic acids is 1. The minimum Gasteiger partial charge on any atom is -0.315 e. The lowest BCUT2D eigenvalue weighted by atomic mass is 10.2. The number of halogens is 1. The van der Waals surface area contributed by atoms with E-state index in [-0.39, 0.29) is 17.2 Å². The molecule has 0 aliphatic rings. The van der Waals surface area contributed by atoms with Crippen LogP contribution in [0.25, 0.3) is 16.6 Å². The van der Waals surface area contributed by atoms with E-state index in [1.165, 1.54) is 40.6 Å². The number of fused-ring (bicyclic) bond motifs is 1. The molecule has 0 aliphatic carbocycles. The van der Waals surface area contributed by atoms with E-state index in [9.17, 15) is 14.0 Å². The van der Waals surface area contributed by atoms with Crippen LogP contribution >= 0.6 is 11.8 Å². The predicted octanol–water partition coefficient (Wildman–Crippen LogP) is 4.28. The first-order chi connectivity index (χ1) is 14.5. The Bertz CT molecular complexity index is 1260. The van der Waals surface area contributed by atoms with Gasteiger partial charge in [-0.05, 0) is 48.5 Å². The number of nitrogens with zero attached hydrogens (tertiary/aromatic N) is 3. The quantitative estimate of drug-likeness (QED) is 0.358. The van der Waals surface area contributed by atoms with Crippen LogP contribution in [0.3, 0.4) is 0 Å².